The Hall–Kier alpha value is -2.56. The molecule has 0 heterocycles. The highest BCUT2D eigenvalue weighted by Crippen LogP contribution is 2.27. The van der Waals surface area contributed by atoms with Crippen molar-refractivity contribution in [2.24, 2.45) is 0 Å². The molecule has 5 nitrogen and oxygen atoms in total. The molecule has 0 aliphatic carbocycles. The largest absolute Gasteiger partial charge is 0.480 e. The van der Waals surface area contributed by atoms with Gasteiger partial charge in [0.05, 0.1) is 0 Å². The molecule has 1 unspecified atom stereocenters. The average Bonchev–Trinajstić information content (AvgIpc) is 2.52. The van der Waals surface area contributed by atoms with Gasteiger partial charge >= 0.3 is 12.1 Å². The third-order valence-corrected chi connectivity index (χ3v) is 4.12. The minimum Gasteiger partial charge on any atom is -0.480 e. The zero-order valence-corrected chi connectivity index (χ0v) is 15.3. The Morgan fingerprint density at radius 3 is 2.24 bits per heavy atom. The first-order valence-corrected chi connectivity index (χ1v) is 8.27. The summed E-state index contributed by atoms with van der Waals surface area (Å²) in [6, 6.07) is 12.7. The maximum Gasteiger partial charge on any atom is 0.410 e. The van der Waals surface area contributed by atoms with Crippen molar-refractivity contribution in [1.29, 1.82) is 0 Å². The minimum absolute atomic E-state index is 0.389. The van der Waals surface area contributed by atoms with Crippen molar-refractivity contribution < 1.29 is 19.4 Å². The number of nitrogens with zero attached hydrogens (tertiary/aromatic N) is 1. The predicted octanol–water partition coefficient (Wildman–Crippen LogP) is 4.26. The highest BCUT2D eigenvalue weighted by atomic mass is 16.6. The maximum absolute atomic E-state index is 12.3. The number of amides is 1. The van der Waals surface area contributed by atoms with Gasteiger partial charge in [0.2, 0.25) is 0 Å². The Morgan fingerprint density at radius 2 is 1.68 bits per heavy atom. The highest BCUT2D eigenvalue weighted by Gasteiger charge is 2.35. The van der Waals surface area contributed by atoms with Crippen molar-refractivity contribution in [2.45, 2.75) is 45.3 Å². The summed E-state index contributed by atoms with van der Waals surface area (Å²) in [4.78, 5) is 25.3. The van der Waals surface area contributed by atoms with Gasteiger partial charge < -0.3 is 9.84 Å². The lowest BCUT2D eigenvalue weighted by Crippen LogP contribution is -2.47. The number of hydrogen-bond donors (Lipinski definition) is 1. The molecule has 0 aliphatic heterocycles. The monoisotopic (exact) mass is 343 g/mol. The van der Waals surface area contributed by atoms with E-state index in [1.165, 1.54) is 7.05 Å². The number of carbonyl (C=O) groups excluding carboxylic acids is 1. The van der Waals surface area contributed by atoms with Gasteiger partial charge in [-0.3, -0.25) is 4.90 Å². The molecule has 1 amide bonds. The first-order chi connectivity index (χ1) is 11.6. The number of carbonyl (C=O) groups is 2. The molecule has 2 aromatic rings. The van der Waals surface area contributed by atoms with E-state index in [2.05, 4.69) is 0 Å². The van der Waals surface area contributed by atoms with Crippen LogP contribution in [0.3, 0.4) is 0 Å². The molecule has 0 aromatic heterocycles. The number of benzene rings is 2. The van der Waals surface area contributed by atoms with Crippen LogP contribution in [0.15, 0.2) is 42.5 Å². The van der Waals surface area contributed by atoms with Gasteiger partial charge in [0.15, 0.2) is 0 Å². The van der Waals surface area contributed by atoms with Gasteiger partial charge in [-0.15, -0.1) is 0 Å². The fourth-order valence-electron chi connectivity index (χ4n) is 2.84. The Morgan fingerprint density at radius 1 is 1.08 bits per heavy atom. The molecule has 2 atom stereocenters. The van der Waals surface area contributed by atoms with E-state index in [1.54, 1.807) is 20.8 Å². The second kappa shape index (κ2) is 7.13. The van der Waals surface area contributed by atoms with Gasteiger partial charge in [-0.05, 0) is 37.1 Å². The van der Waals surface area contributed by atoms with E-state index in [9.17, 15) is 14.7 Å². The van der Waals surface area contributed by atoms with Gasteiger partial charge in [-0.2, -0.15) is 0 Å². The molecule has 0 spiro atoms. The number of fused-ring (bicyclic) bond motifs is 1. The summed E-state index contributed by atoms with van der Waals surface area (Å²) < 4.78 is 5.31. The van der Waals surface area contributed by atoms with Crippen molar-refractivity contribution >= 4 is 22.8 Å². The summed E-state index contributed by atoms with van der Waals surface area (Å²) in [7, 11) is 1.46. The molecule has 0 aliphatic rings. The van der Waals surface area contributed by atoms with Crippen molar-refractivity contribution in [3.63, 3.8) is 0 Å². The second-order valence-electron chi connectivity index (χ2n) is 7.27. The summed E-state index contributed by atoms with van der Waals surface area (Å²) in [5.41, 5.74) is 0.183. The number of rotatable bonds is 4. The van der Waals surface area contributed by atoms with E-state index >= 15 is 0 Å². The van der Waals surface area contributed by atoms with Crippen molar-refractivity contribution in [2.75, 3.05) is 7.05 Å². The highest BCUT2D eigenvalue weighted by molar-refractivity contribution is 5.84. The van der Waals surface area contributed by atoms with Crippen molar-refractivity contribution in [1.82, 2.24) is 4.90 Å². The van der Waals surface area contributed by atoms with Gasteiger partial charge in [0.1, 0.15) is 11.6 Å². The number of carboxylic acids is 1. The van der Waals surface area contributed by atoms with Crippen LogP contribution in [0, 0.1) is 0 Å². The minimum atomic E-state index is -1.06. The normalized spacial score (nSPS) is 14.0. The van der Waals surface area contributed by atoms with Gasteiger partial charge in [-0.1, -0.05) is 49.4 Å². The fraction of sp³-hybridized carbons (Fsp3) is 0.400. The molecule has 5 heteroatoms. The third kappa shape index (κ3) is 4.50. The fourth-order valence-corrected chi connectivity index (χ4v) is 2.84. The zero-order valence-electron chi connectivity index (χ0n) is 15.3. The Balaban J connectivity index is 2.31. The quantitative estimate of drug-likeness (QED) is 0.900. The van der Waals surface area contributed by atoms with E-state index in [0.717, 1.165) is 21.2 Å². The first kappa shape index (κ1) is 18.8. The van der Waals surface area contributed by atoms with Crippen LogP contribution in [-0.2, 0) is 9.53 Å². The van der Waals surface area contributed by atoms with Gasteiger partial charge in [0.25, 0.3) is 0 Å². The molecule has 2 aromatic carbocycles. The van der Waals surface area contributed by atoms with Crippen LogP contribution in [0.25, 0.3) is 10.8 Å². The second-order valence-corrected chi connectivity index (χ2v) is 7.27. The van der Waals surface area contributed by atoms with Crippen LogP contribution >= 0.6 is 0 Å². The lowest BCUT2D eigenvalue weighted by Gasteiger charge is -2.31. The molecule has 0 saturated heterocycles. The first-order valence-electron chi connectivity index (χ1n) is 8.27. The van der Waals surface area contributed by atoms with E-state index in [1.807, 2.05) is 49.4 Å². The zero-order chi connectivity index (χ0) is 18.8. The summed E-state index contributed by atoms with van der Waals surface area (Å²) >= 11 is 0. The number of ether oxygens (including phenoxy) is 1. The Kier molecular flexibility index (Phi) is 5.36. The summed E-state index contributed by atoms with van der Waals surface area (Å²) in [6.07, 6.45) is -0.646. The Bertz CT molecular complexity index is 779. The molecule has 0 fully saturated rings. The molecule has 134 valence electrons. The maximum atomic E-state index is 12.3. The summed E-state index contributed by atoms with van der Waals surface area (Å²) in [5.74, 6) is -1.45. The van der Waals surface area contributed by atoms with Crippen molar-refractivity contribution in [3.05, 3.63) is 48.0 Å². The number of aliphatic carboxylic acids is 1. The number of hydrogen-bond acceptors (Lipinski definition) is 3. The van der Waals surface area contributed by atoms with Crippen molar-refractivity contribution in [3.8, 4) is 0 Å². The topological polar surface area (TPSA) is 66.8 Å². The van der Waals surface area contributed by atoms with E-state index in [4.69, 9.17) is 4.74 Å². The van der Waals surface area contributed by atoms with E-state index in [-0.39, 0.29) is 5.92 Å². The number of likely N-dealkylation sites (N-methyl/N-ethyl adjacent to an activating group) is 1. The summed E-state index contributed by atoms with van der Waals surface area (Å²) in [5, 5.41) is 11.8. The van der Waals surface area contributed by atoms with Crippen LogP contribution in [0.4, 0.5) is 4.79 Å². The van der Waals surface area contributed by atoms with Crippen LogP contribution in [0.2, 0.25) is 0 Å². The molecule has 0 bridgehead atoms. The molecular formula is C20H25NO4. The third-order valence-electron chi connectivity index (χ3n) is 4.12. The molecule has 0 radical (unpaired) electrons. The van der Waals surface area contributed by atoms with Gasteiger partial charge in [-0.25, -0.2) is 9.59 Å². The SMILES string of the molecule is CC(c1ccc2ccccc2c1)[C@H](C(=O)O)N(C)C(=O)OC(C)(C)C. The molecule has 25 heavy (non-hydrogen) atoms. The van der Waals surface area contributed by atoms with E-state index in [0.29, 0.717) is 0 Å². The van der Waals surface area contributed by atoms with Gasteiger partial charge in [0, 0.05) is 13.0 Å². The summed E-state index contributed by atoms with van der Waals surface area (Å²) in [6.45, 7) is 7.06. The Labute approximate surface area is 148 Å². The lowest BCUT2D eigenvalue weighted by molar-refractivity contribution is -0.143. The molecular weight excluding hydrogens is 318 g/mol. The van der Waals surface area contributed by atoms with E-state index < -0.39 is 23.7 Å². The average molecular weight is 343 g/mol. The molecule has 0 saturated carbocycles. The smallest absolute Gasteiger partial charge is 0.410 e. The predicted molar refractivity (Wildman–Crippen MR) is 97.8 cm³/mol. The molecule has 1 N–H and O–H groups in total. The van der Waals surface area contributed by atoms with Crippen LogP contribution in [0.1, 0.15) is 39.2 Å². The van der Waals surface area contributed by atoms with Crippen LogP contribution in [-0.4, -0.2) is 40.8 Å². The number of carboxylic acid groups (broad SMARTS) is 1. The van der Waals surface area contributed by atoms with Crippen LogP contribution < -0.4 is 0 Å². The standard InChI is InChI=1S/C20H25NO4/c1-13(15-11-10-14-8-6-7-9-16(14)12-15)17(18(22)23)21(5)19(24)25-20(2,3)4/h6-13,17H,1-5H3,(H,22,23)/t13?,17-/m1/s1. The molecule has 2 rings (SSSR count). The van der Waals surface area contributed by atoms with Crippen LogP contribution in [0.5, 0.6) is 0 Å². The lowest BCUT2D eigenvalue weighted by atomic mass is 9.91.